The van der Waals surface area contributed by atoms with Crippen LogP contribution >= 0.6 is 0 Å². The normalized spacial score (nSPS) is 14.9. The predicted molar refractivity (Wildman–Crippen MR) is 96.7 cm³/mol. The summed E-state index contributed by atoms with van der Waals surface area (Å²) >= 11 is 0. The third kappa shape index (κ3) is 3.28. The summed E-state index contributed by atoms with van der Waals surface area (Å²) in [5.74, 6) is 1.15. The number of carbonyl (C=O) groups excluding carboxylic acids is 1. The number of aromatic amines is 1. The van der Waals surface area contributed by atoms with Gasteiger partial charge in [0.05, 0.1) is 17.5 Å². The van der Waals surface area contributed by atoms with Gasteiger partial charge in [-0.05, 0) is 29.8 Å². The van der Waals surface area contributed by atoms with Crippen LogP contribution in [0.2, 0.25) is 0 Å². The monoisotopic (exact) mass is 336 g/mol. The van der Waals surface area contributed by atoms with Crippen LogP contribution in [-0.2, 0) is 11.2 Å². The number of phenolic OH excluding ortho intramolecular Hbond substituents is 1. The summed E-state index contributed by atoms with van der Waals surface area (Å²) in [6.07, 6.45) is 0.318. The van der Waals surface area contributed by atoms with Gasteiger partial charge in [0.25, 0.3) is 0 Å². The number of anilines is 1. The van der Waals surface area contributed by atoms with Crippen LogP contribution in [0.15, 0.2) is 48.5 Å². The topological polar surface area (TPSA) is 72.5 Å². The van der Waals surface area contributed by atoms with E-state index in [9.17, 15) is 9.90 Å². The number of phenols is 1. The maximum absolute atomic E-state index is 12.5. The molecule has 3 aromatic rings. The number of nitrogens with one attached hydrogen (secondary N) is 1. The van der Waals surface area contributed by atoms with E-state index < -0.39 is 0 Å². The van der Waals surface area contributed by atoms with Crippen LogP contribution in [0.3, 0.4) is 0 Å². The third-order valence-electron chi connectivity index (χ3n) is 4.57. The number of para-hydroxylation sites is 2. The van der Waals surface area contributed by atoms with Gasteiger partial charge in [-0.2, -0.15) is 0 Å². The highest BCUT2D eigenvalue weighted by atomic mass is 16.3. The Bertz CT molecular complexity index is 864. The maximum Gasteiger partial charge on any atom is 0.227 e. The molecule has 2 N–H and O–H groups in total. The van der Waals surface area contributed by atoms with Gasteiger partial charge in [0.1, 0.15) is 5.75 Å². The van der Waals surface area contributed by atoms with Gasteiger partial charge in [0.15, 0.2) is 0 Å². The molecule has 4 rings (SSSR count). The summed E-state index contributed by atoms with van der Waals surface area (Å²) < 4.78 is 0. The molecular weight excluding hydrogens is 316 g/mol. The van der Waals surface area contributed by atoms with E-state index in [0.29, 0.717) is 19.5 Å². The summed E-state index contributed by atoms with van der Waals surface area (Å²) in [6, 6.07) is 14.8. The summed E-state index contributed by atoms with van der Waals surface area (Å²) in [5, 5.41) is 9.51. The number of hydrogen-bond donors (Lipinski definition) is 2. The molecule has 2 aromatic carbocycles. The number of amides is 1. The van der Waals surface area contributed by atoms with Crippen molar-refractivity contribution in [1.29, 1.82) is 0 Å². The van der Waals surface area contributed by atoms with Gasteiger partial charge < -0.3 is 19.9 Å². The lowest BCUT2D eigenvalue weighted by molar-refractivity contribution is -0.130. The van der Waals surface area contributed by atoms with Crippen molar-refractivity contribution in [3.63, 3.8) is 0 Å². The number of piperazine rings is 1. The van der Waals surface area contributed by atoms with Crippen molar-refractivity contribution in [2.24, 2.45) is 0 Å². The number of nitrogens with zero attached hydrogens (tertiary/aromatic N) is 3. The molecule has 1 aliphatic rings. The van der Waals surface area contributed by atoms with Crippen molar-refractivity contribution in [3.05, 3.63) is 54.1 Å². The van der Waals surface area contributed by atoms with Crippen molar-refractivity contribution < 1.29 is 9.90 Å². The molecule has 6 heteroatoms. The first-order chi connectivity index (χ1) is 12.2. The molecule has 6 nitrogen and oxygen atoms in total. The SMILES string of the molecule is O=C(Cc1cccc(O)c1)N1CCN(c2nc3ccccc3[nH]2)CC1. The van der Waals surface area contributed by atoms with Gasteiger partial charge >= 0.3 is 0 Å². The van der Waals surface area contributed by atoms with Gasteiger partial charge in [-0.3, -0.25) is 4.79 Å². The third-order valence-corrected chi connectivity index (χ3v) is 4.57. The number of imidazole rings is 1. The Kier molecular flexibility index (Phi) is 4.01. The first kappa shape index (κ1) is 15.5. The summed E-state index contributed by atoms with van der Waals surface area (Å²) in [7, 11) is 0. The molecular formula is C19H20N4O2. The van der Waals surface area contributed by atoms with Gasteiger partial charge in [-0.1, -0.05) is 24.3 Å². The number of carbonyl (C=O) groups is 1. The van der Waals surface area contributed by atoms with Gasteiger partial charge in [-0.15, -0.1) is 0 Å². The van der Waals surface area contributed by atoms with Crippen LogP contribution in [0.4, 0.5) is 5.95 Å². The van der Waals surface area contributed by atoms with E-state index in [1.54, 1.807) is 18.2 Å². The number of fused-ring (bicyclic) bond motifs is 1. The average molecular weight is 336 g/mol. The molecule has 0 bridgehead atoms. The molecule has 0 radical (unpaired) electrons. The largest absolute Gasteiger partial charge is 0.508 e. The molecule has 1 aromatic heterocycles. The predicted octanol–water partition coefficient (Wildman–Crippen LogP) is 2.16. The first-order valence-electron chi connectivity index (χ1n) is 8.44. The second-order valence-electron chi connectivity index (χ2n) is 6.29. The number of benzene rings is 2. The Balaban J connectivity index is 1.38. The minimum atomic E-state index is 0.0925. The van der Waals surface area contributed by atoms with Crippen LogP contribution in [0.1, 0.15) is 5.56 Å². The number of rotatable bonds is 3. The fourth-order valence-corrected chi connectivity index (χ4v) is 3.21. The minimum Gasteiger partial charge on any atom is -0.508 e. The van der Waals surface area contributed by atoms with E-state index in [-0.39, 0.29) is 11.7 Å². The summed E-state index contributed by atoms with van der Waals surface area (Å²) in [4.78, 5) is 24.5. The van der Waals surface area contributed by atoms with Crippen LogP contribution in [0.5, 0.6) is 5.75 Å². The smallest absolute Gasteiger partial charge is 0.227 e. The van der Waals surface area contributed by atoms with Crippen molar-refractivity contribution in [1.82, 2.24) is 14.9 Å². The number of H-pyrrole nitrogens is 1. The van der Waals surface area contributed by atoms with E-state index in [0.717, 1.165) is 35.6 Å². The molecule has 0 atom stereocenters. The van der Waals surface area contributed by atoms with Crippen LogP contribution in [0, 0.1) is 0 Å². The number of hydrogen-bond acceptors (Lipinski definition) is 4. The standard InChI is InChI=1S/C19H20N4O2/c24-15-5-3-4-14(12-15)13-18(25)22-8-10-23(11-9-22)19-20-16-6-1-2-7-17(16)21-19/h1-7,12,24H,8-11,13H2,(H,20,21). The fourth-order valence-electron chi connectivity index (χ4n) is 3.21. The highest BCUT2D eigenvalue weighted by Crippen LogP contribution is 2.19. The summed E-state index contributed by atoms with van der Waals surface area (Å²) in [5.41, 5.74) is 2.82. The van der Waals surface area contributed by atoms with E-state index >= 15 is 0 Å². The van der Waals surface area contributed by atoms with E-state index in [2.05, 4.69) is 14.9 Å². The first-order valence-corrected chi connectivity index (χ1v) is 8.44. The van der Waals surface area contributed by atoms with Crippen molar-refractivity contribution >= 4 is 22.9 Å². The number of aromatic hydroxyl groups is 1. The maximum atomic E-state index is 12.5. The molecule has 128 valence electrons. The van der Waals surface area contributed by atoms with Crippen LogP contribution in [0.25, 0.3) is 11.0 Å². The van der Waals surface area contributed by atoms with E-state index in [1.165, 1.54) is 0 Å². The van der Waals surface area contributed by atoms with Crippen molar-refractivity contribution in [2.45, 2.75) is 6.42 Å². The lowest BCUT2D eigenvalue weighted by Gasteiger charge is -2.34. The second-order valence-corrected chi connectivity index (χ2v) is 6.29. The molecule has 0 saturated carbocycles. The van der Waals surface area contributed by atoms with Gasteiger partial charge in [-0.25, -0.2) is 4.98 Å². The zero-order chi connectivity index (χ0) is 17.2. The highest BCUT2D eigenvalue weighted by Gasteiger charge is 2.23. The Hall–Kier alpha value is -3.02. The van der Waals surface area contributed by atoms with Gasteiger partial charge in [0, 0.05) is 26.2 Å². The van der Waals surface area contributed by atoms with E-state index in [1.807, 2.05) is 35.2 Å². The van der Waals surface area contributed by atoms with Crippen molar-refractivity contribution in [3.8, 4) is 5.75 Å². The Morgan fingerprint density at radius 2 is 1.88 bits per heavy atom. The number of aromatic nitrogens is 2. The molecule has 1 aliphatic heterocycles. The average Bonchev–Trinajstić information content (AvgIpc) is 3.06. The molecule has 0 spiro atoms. The Morgan fingerprint density at radius 1 is 1.08 bits per heavy atom. The zero-order valence-electron chi connectivity index (χ0n) is 13.9. The molecule has 2 heterocycles. The Morgan fingerprint density at radius 3 is 2.64 bits per heavy atom. The van der Waals surface area contributed by atoms with Gasteiger partial charge in [0.2, 0.25) is 11.9 Å². The molecule has 1 fully saturated rings. The molecule has 1 amide bonds. The quantitative estimate of drug-likeness (QED) is 0.769. The molecule has 0 unspecified atom stereocenters. The zero-order valence-corrected chi connectivity index (χ0v) is 13.9. The minimum absolute atomic E-state index is 0.0925. The fraction of sp³-hybridized carbons (Fsp3) is 0.263. The lowest BCUT2D eigenvalue weighted by Crippen LogP contribution is -2.49. The summed E-state index contributed by atoms with van der Waals surface area (Å²) in [6.45, 7) is 2.86. The second kappa shape index (κ2) is 6.47. The van der Waals surface area contributed by atoms with Crippen LogP contribution in [-0.4, -0.2) is 52.1 Å². The highest BCUT2D eigenvalue weighted by molar-refractivity contribution is 5.79. The molecule has 0 aliphatic carbocycles. The van der Waals surface area contributed by atoms with Crippen molar-refractivity contribution in [2.75, 3.05) is 31.1 Å². The Labute approximate surface area is 145 Å². The lowest BCUT2D eigenvalue weighted by atomic mass is 10.1. The van der Waals surface area contributed by atoms with Crippen LogP contribution < -0.4 is 4.90 Å². The van der Waals surface area contributed by atoms with E-state index in [4.69, 9.17) is 0 Å². The molecule has 1 saturated heterocycles. The molecule has 25 heavy (non-hydrogen) atoms.